The number of hydrogen-bond acceptors (Lipinski definition) is 5. The summed E-state index contributed by atoms with van der Waals surface area (Å²) < 4.78 is 37.7. The van der Waals surface area contributed by atoms with E-state index in [-0.39, 0.29) is 35.9 Å². The Morgan fingerprint density at radius 3 is 2.30 bits per heavy atom. The van der Waals surface area contributed by atoms with Gasteiger partial charge in [0.1, 0.15) is 11.5 Å². The van der Waals surface area contributed by atoms with Crippen molar-refractivity contribution in [3.05, 3.63) is 53.6 Å². The van der Waals surface area contributed by atoms with Crippen LogP contribution in [0.15, 0.2) is 47.4 Å². The summed E-state index contributed by atoms with van der Waals surface area (Å²) in [5.41, 5.74) is 2.04. The van der Waals surface area contributed by atoms with Crippen LogP contribution in [0.25, 0.3) is 0 Å². The Kier molecular flexibility index (Phi) is 7.86. The maximum Gasteiger partial charge on any atom is 0.257 e. The SMILES string of the molecule is COc1ccc(S(=O)(=O)NCCNC(=O)COc2ccc(C)cc2C(C)(C)C)cc1. The number of benzene rings is 2. The maximum atomic E-state index is 12.3. The van der Waals surface area contributed by atoms with Crippen molar-refractivity contribution in [2.24, 2.45) is 0 Å². The van der Waals surface area contributed by atoms with E-state index in [9.17, 15) is 13.2 Å². The van der Waals surface area contributed by atoms with E-state index in [0.29, 0.717) is 11.5 Å². The summed E-state index contributed by atoms with van der Waals surface area (Å²) in [6, 6.07) is 11.9. The molecular weight excluding hydrogens is 404 g/mol. The largest absolute Gasteiger partial charge is 0.497 e. The zero-order valence-electron chi connectivity index (χ0n) is 18.1. The smallest absolute Gasteiger partial charge is 0.257 e. The number of nitrogens with one attached hydrogen (secondary N) is 2. The number of methoxy groups -OCH3 is 1. The van der Waals surface area contributed by atoms with Gasteiger partial charge in [0.25, 0.3) is 5.91 Å². The van der Waals surface area contributed by atoms with Gasteiger partial charge < -0.3 is 14.8 Å². The van der Waals surface area contributed by atoms with Gasteiger partial charge in [-0.05, 0) is 48.2 Å². The molecule has 0 fully saturated rings. The Labute approximate surface area is 178 Å². The van der Waals surface area contributed by atoms with Crippen molar-refractivity contribution < 1.29 is 22.7 Å². The van der Waals surface area contributed by atoms with E-state index < -0.39 is 10.0 Å². The molecule has 0 saturated carbocycles. The number of ether oxygens (including phenoxy) is 2. The highest BCUT2D eigenvalue weighted by Crippen LogP contribution is 2.32. The van der Waals surface area contributed by atoms with E-state index in [2.05, 4.69) is 36.9 Å². The van der Waals surface area contributed by atoms with Crippen LogP contribution < -0.4 is 19.5 Å². The minimum atomic E-state index is -3.65. The highest BCUT2D eigenvalue weighted by atomic mass is 32.2. The van der Waals surface area contributed by atoms with Gasteiger partial charge in [-0.25, -0.2) is 13.1 Å². The number of rotatable bonds is 9. The number of carbonyl (C=O) groups is 1. The number of hydrogen-bond donors (Lipinski definition) is 2. The van der Waals surface area contributed by atoms with Crippen molar-refractivity contribution in [2.75, 3.05) is 26.8 Å². The molecule has 164 valence electrons. The van der Waals surface area contributed by atoms with Gasteiger partial charge in [0, 0.05) is 13.1 Å². The van der Waals surface area contributed by atoms with Gasteiger partial charge in [0.15, 0.2) is 6.61 Å². The van der Waals surface area contributed by atoms with E-state index in [0.717, 1.165) is 11.1 Å². The van der Waals surface area contributed by atoms with Gasteiger partial charge in [-0.15, -0.1) is 0 Å². The summed E-state index contributed by atoms with van der Waals surface area (Å²) in [6.45, 7) is 8.35. The lowest BCUT2D eigenvalue weighted by Gasteiger charge is -2.23. The van der Waals surface area contributed by atoms with E-state index >= 15 is 0 Å². The molecule has 2 aromatic rings. The zero-order chi connectivity index (χ0) is 22.4. The van der Waals surface area contributed by atoms with Crippen LogP contribution in [-0.4, -0.2) is 41.1 Å². The molecule has 0 unspecified atom stereocenters. The second kappa shape index (κ2) is 9.95. The summed E-state index contributed by atoms with van der Waals surface area (Å²) in [5.74, 6) is 0.923. The molecule has 30 heavy (non-hydrogen) atoms. The first kappa shape index (κ1) is 23.7. The van der Waals surface area contributed by atoms with E-state index in [1.54, 1.807) is 12.1 Å². The molecule has 0 aliphatic heterocycles. The Hall–Kier alpha value is -2.58. The topological polar surface area (TPSA) is 93.7 Å². The molecule has 2 aromatic carbocycles. The van der Waals surface area contributed by atoms with E-state index in [4.69, 9.17) is 9.47 Å². The minimum Gasteiger partial charge on any atom is -0.497 e. The molecule has 0 aliphatic carbocycles. The molecule has 0 radical (unpaired) electrons. The molecule has 0 atom stereocenters. The molecule has 2 rings (SSSR count). The zero-order valence-corrected chi connectivity index (χ0v) is 18.9. The third-order valence-electron chi connectivity index (χ3n) is 4.41. The molecule has 0 saturated heterocycles. The number of amides is 1. The average Bonchev–Trinajstić information content (AvgIpc) is 2.69. The summed E-state index contributed by atoms with van der Waals surface area (Å²) in [7, 11) is -2.14. The Morgan fingerprint density at radius 2 is 1.70 bits per heavy atom. The number of carbonyl (C=O) groups excluding carboxylic acids is 1. The fourth-order valence-electron chi connectivity index (χ4n) is 2.78. The van der Waals surface area contributed by atoms with Crippen molar-refractivity contribution >= 4 is 15.9 Å². The predicted molar refractivity (Wildman–Crippen MR) is 117 cm³/mol. The van der Waals surface area contributed by atoms with Gasteiger partial charge >= 0.3 is 0 Å². The Balaban J connectivity index is 1.82. The summed E-state index contributed by atoms with van der Waals surface area (Å²) in [4.78, 5) is 12.2. The lowest BCUT2D eigenvalue weighted by atomic mass is 9.85. The molecule has 7 nitrogen and oxygen atoms in total. The van der Waals surface area contributed by atoms with Crippen LogP contribution in [0.1, 0.15) is 31.9 Å². The molecule has 2 N–H and O–H groups in total. The first-order valence-electron chi connectivity index (χ1n) is 9.67. The second-order valence-electron chi connectivity index (χ2n) is 7.96. The third kappa shape index (κ3) is 6.74. The highest BCUT2D eigenvalue weighted by molar-refractivity contribution is 7.89. The van der Waals surface area contributed by atoms with E-state index in [1.165, 1.54) is 19.2 Å². The van der Waals surface area contributed by atoms with Gasteiger partial charge in [0.2, 0.25) is 10.0 Å². The first-order chi connectivity index (χ1) is 14.0. The van der Waals surface area contributed by atoms with Crippen LogP contribution in [0.2, 0.25) is 0 Å². The summed E-state index contributed by atoms with van der Waals surface area (Å²) in [6.07, 6.45) is 0. The molecule has 1 amide bonds. The first-order valence-corrected chi connectivity index (χ1v) is 11.2. The maximum absolute atomic E-state index is 12.3. The Morgan fingerprint density at radius 1 is 1.03 bits per heavy atom. The van der Waals surface area contributed by atoms with Crippen LogP contribution in [0, 0.1) is 6.92 Å². The van der Waals surface area contributed by atoms with Crippen molar-refractivity contribution in [1.29, 1.82) is 0 Å². The fraction of sp³-hybridized carbons (Fsp3) is 0.409. The molecule has 0 bridgehead atoms. The van der Waals surface area contributed by atoms with Crippen LogP contribution in [0.4, 0.5) is 0 Å². The monoisotopic (exact) mass is 434 g/mol. The van der Waals surface area contributed by atoms with Gasteiger partial charge in [-0.1, -0.05) is 38.5 Å². The fourth-order valence-corrected chi connectivity index (χ4v) is 3.81. The van der Waals surface area contributed by atoms with Gasteiger partial charge in [-0.2, -0.15) is 0 Å². The summed E-state index contributed by atoms with van der Waals surface area (Å²) >= 11 is 0. The van der Waals surface area contributed by atoms with Gasteiger partial charge in [-0.3, -0.25) is 4.79 Å². The molecule has 0 heterocycles. The standard InChI is InChI=1S/C22H30N2O5S/c1-16-6-11-20(19(14-16)22(2,3)4)29-15-21(25)23-12-13-24-30(26,27)18-9-7-17(28-5)8-10-18/h6-11,14,24H,12-13,15H2,1-5H3,(H,23,25). The molecule has 0 spiro atoms. The van der Waals surface area contributed by atoms with Crippen molar-refractivity contribution in [3.63, 3.8) is 0 Å². The Bertz CT molecular complexity index is 964. The molecule has 0 aromatic heterocycles. The van der Waals surface area contributed by atoms with Crippen molar-refractivity contribution in [3.8, 4) is 11.5 Å². The average molecular weight is 435 g/mol. The highest BCUT2D eigenvalue weighted by Gasteiger charge is 2.20. The van der Waals surface area contributed by atoms with Crippen LogP contribution in [0.5, 0.6) is 11.5 Å². The van der Waals surface area contributed by atoms with Crippen molar-refractivity contribution in [2.45, 2.75) is 38.0 Å². The minimum absolute atomic E-state index is 0.0673. The van der Waals surface area contributed by atoms with Crippen LogP contribution in [0.3, 0.4) is 0 Å². The second-order valence-corrected chi connectivity index (χ2v) is 9.73. The predicted octanol–water partition coefficient (Wildman–Crippen LogP) is 2.77. The molecular formula is C22H30N2O5S. The molecule has 0 aliphatic rings. The quantitative estimate of drug-likeness (QED) is 0.592. The number of sulfonamides is 1. The van der Waals surface area contributed by atoms with Gasteiger partial charge in [0.05, 0.1) is 12.0 Å². The third-order valence-corrected chi connectivity index (χ3v) is 5.89. The summed E-state index contributed by atoms with van der Waals surface area (Å²) in [5, 5.41) is 2.65. The van der Waals surface area contributed by atoms with E-state index in [1.807, 2.05) is 19.1 Å². The lowest BCUT2D eigenvalue weighted by Crippen LogP contribution is -2.36. The van der Waals surface area contributed by atoms with Crippen LogP contribution in [-0.2, 0) is 20.2 Å². The van der Waals surface area contributed by atoms with Crippen molar-refractivity contribution in [1.82, 2.24) is 10.0 Å². The molecule has 8 heteroatoms. The van der Waals surface area contributed by atoms with Crippen LogP contribution >= 0.6 is 0 Å². The normalized spacial score (nSPS) is 11.8. The number of aryl methyl sites for hydroxylation is 1. The lowest BCUT2D eigenvalue weighted by molar-refractivity contribution is -0.123.